The van der Waals surface area contributed by atoms with Gasteiger partial charge in [-0.15, -0.1) is 5.10 Å². The zero-order valence-electron chi connectivity index (χ0n) is 10.5. The molecule has 0 fully saturated rings. The van der Waals surface area contributed by atoms with Crippen molar-refractivity contribution in [3.8, 4) is 0 Å². The van der Waals surface area contributed by atoms with E-state index in [0.717, 1.165) is 22.7 Å². The van der Waals surface area contributed by atoms with Crippen molar-refractivity contribution in [2.45, 2.75) is 25.8 Å². The largest absolute Gasteiger partial charge is 0.271 e. The van der Waals surface area contributed by atoms with Crippen LogP contribution >= 0.6 is 11.5 Å². The van der Waals surface area contributed by atoms with E-state index in [1.807, 2.05) is 13.8 Å². The van der Waals surface area contributed by atoms with Crippen LogP contribution in [0.2, 0.25) is 0 Å². The highest BCUT2D eigenvalue weighted by Gasteiger charge is 2.22. The van der Waals surface area contributed by atoms with Crippen molar-refractivity contribution in [1.82, 2.24) is 15.0 Å². The summed E-state index contributed by atoms with van der Waals surface area (Å²) < 4.78 is 30.2. The third-order valence-corrected chi connectivity index (χ3v) is 3.60. The molecule has 0 bridgehead atoms. The van der Waals surface area contributed by atoms with Crippen LogP contribution in [0.4, 0.5) is 8.78 Å². The predicted molar refractivity (Wildman–Crippen MR) is 69.5 cm³/mol. The van der Waals surface area contributed by atoms with Crippen molar-refractivity contribution in [3.05, 3.63) is 46.0 Å². The molecule has 1 atom stereocenters. The van der Waals surface area contributed by atoms with Crippen LogP contribution in [0.3, 0.4) is 0 Å². The van der Waals surface area contributed by atoms with Gasteiger partial charge in [-0.2, -0.15) is 0 Å². The van der Waals surface area contributed by atoms with E-state index in [2.05, 4.69) is 15.0 Å². The number of aromatic nitrogens is 2. The molecule has 2 aromatic rings. The van der Waals surface area contributed by atoms with Crippen LogP contribution in [-0.2, 0) is 0 Å². The van der Waals surface area contributed by atoms with E-state index in [0.29, 0.717) is 5.56 Å². The Labute approximate surface area is 113 Å². The number of hydrogen-bond acceptors (Lipinski definition) is 5. The van der Waals surface area contributed by atoms with Crippen molar-refractivity contribution in [2.75, 3.05) is 0 Å². The van der Waals surface area contributed by atoms with Gasteiger partial charge in [0.2, 0.25) is 0 Å². The molecule has 102 valence electrons. The lowest BCUT2D eigenvalue weighted by molar-refractivity contribution is 0.504. The molecule has 0 radical (unpaired) electrons. The molecule has 1 aromatic heterocycles. The van der Waals surface area contributed by atoms with Crippen LogP contribution in [0.5, 0.6) is 0 Å². The highest BCUT2D eigenvalue weighted by atomic mass is 32.1. The number of benzene rings is 1. The third kappa shape index (κ3) is 2.78. The summed E-state index contributed by atoms with van der Waals surface area (Å²) in [6.45, 7) is 3.97. The second kappa shape index (κ2) is 5.68. The molecule has 0 aliphatic rings. The minimum Gasteiger partial charge on any atom is -0.271 e. The Morgan fingerprint density at radius 1 is 1.26 bits per heavy atom. The Bertz CT molecular complexity index is 571. The van der Waals surface area contributed by atoms with Gasteiger partial charge in [-0.1, -0.05) is 24.4 Å². The molecule has 3 N–H and O–H groups in total. The van der Waals surface area contributed by atoms with Crippen LogP contribution in [0, 0.1) is 11.6 Å². The predicted octanol–water partition coefficient (Wildman–Crippen LogP) is 2.49. The van der Waals surface area contributed by atoms with E-state index in [1.165, 1.54) is 17.6 Å². The molecule has 0 aliphatic carbocycles. The molecule has 0 saturated carbocycles. The molecule has 0 amide bonds. The first-order chi connectivity index (χ1) is 9.04. The minimum absolute atomic E-state index is 0.176. The first kappa shape index (κ1) is 14.0. The summed E-state index contributed by atoms with van der Waals surface area (Å²) in [6.07, 6.45) is 0. The SMILES string of the molecule is CC(C)c1nnsc1C(NN)c1ccc(F)c(F)c1. The summed E-state index contributed by atoms with van der Waals surface area (Å²) in [4.78, 5) is 0.809. The Balaban J connectivity index is 2.44. The van der Waals surface area contributed by atoms with Gasteiger partial charge in [0.15, 0.2) is 11.6 Å². The monoisotopic (exact) mass is 284 g/mol. The maximum absolute atomic E-state index is 13.3. The Morgan fingerprint density at radius 2 is 2.00 bits per heavy atom. The summed E-state index contributed by atoms with van der Waals surface area (Å²) in [5, 5.41) is 4.06. The molecular formula is C12H14F2N4S. The van der Waals surface area contributed by atoms with Gasteiger partial charge in [-0.25, -0.2) is 14.2 Å². The minimum atomic E-state index is -0.902. The van der Waals surface area contributed by atoms with Crippen LogP contribution < -0.4 is 11.3 Å². The number of hydrazine groups is 1. The zero-order valence-corrected chi connectivity index (χ0v) is 11.3. The fourth-order valence-corrected chi connectivity index (χ4v) is 2.72. The molecule has 0 saturated heterocycles. The lowest BCUT2D eigenvalue weighted by atomic mass is 10.0. The number of nitrogens with zero attached hydrogens (tertiary/aromatic N) is 2. The molecule has 4 nitrogen and oxygen atoms in total. The standard InChI is InChI=1S/C12H14F2N4S/c1-6(2)10-12(19-18-17-10)11(16-15)7-3-4-8(13)9(14)5-7/h3-6,11,16H,15H2,1-2H3. The molecule has 0 spiro atoms. The smallest absolute Gasteiger partial charge is 0.159 e. The van der Waals surface area contributed by atoms with E-state index in [4.69, 9.17) is 5.84 Å². The number of halogens is 2. The highest BCUT2D eigenvalue weighted by Crippen LogP contribution is 2.30. The Morgan fingerprint density at radius 3 is 2.58 bits per heavy atom. The van der Waals surface area contributed by atoms with Crippen LogP contribution in [0.1, 0.15) is 41.9 Å². The molecule has 1 heterocycles. The lowest BCUT2D eigenvalue weighted by Crippen LogP contribution is -2.29. The van der Waals surface area contributed by atoms with Gasteiger partial charge in [0, 0.05) is 0 Å². The van der Waals surface area contributed by atoms with Gasteiger partial charge >= 0.3 is 0 Å². The lowest BCUT2D eigenvalue weighted by Gasteiger charge is -2.16. The molecule has 2 rings (SSSR count). The average Bonchev–Trinajstić information content (AvgIpc) is 2.84. The number of nitrogens with two attached hydrogens (primary N) is 1. The molecule has 7 heteroatoms. The van der Waals surface area contributed by atoms with Gasteiger partial charge in [0.25, 0.3) is 0 Å². The first-order valence-electron chi connectivity index (χ1n) is 5.77. The highest BCUT2D eigenvalue weighted by molar-refractivity contribution is 7.05. The van der Waals surface area contributed by atoms with Crippen LogP contribution in [-0.4, -0.2) is 9.59 Å². The zero-order chi connectivity index (χ0) is 14.0. The molecule has 0 aliphatic heterocycles. The number of nitrogens with one attached hydrogen (secondary N) is 1. The van der Waals surface area contributed by atoms with Gasteiger partial charge < -0.3 is 0 Å². The van der Waals surface area contributed by atoms with E-state index in [1.54, 1.807) is 0 Å². The maximum atomic E-state index is 13.3. The molecular weight excluding hydrogens is 270 g/mol. The fraction of sp³-hybridized carbons (Fsp3) is 0.333. The number of rotatable bonds is 4. The molecule has 19 heavy (non-hydrogen) atoms. The van der Waals surface area contributed by atoms with Crippen molar-refractivity contribution in [3.63, 3.8) is 0 Å². The van der Waals surface area contributed by atoms with Crippen LogP contribution in [0.25, 0.3) is 0 Å². The van der Waals surface area contributed by atoms with Crippen LogP contribution in [0.15, 0.2) is 18.2 Å². The second-order valence-electron chi connectivity index (χ2n) is 4.45. The molecule has 1 aromatic carbocycles. The summed E-state index contributed by atoms with van der Waals surface area (Å²) in [6, 6.07) is 3.25. The second-order valence-corrected chi connectivity index (χ2v) is 5.24. The Kier molecular flexibility index (Phi) is 4.18. The summed E-state index contributed by atoms with van der Waals surface area (Å²) >= 11 is 1.20. The van der Waals surface area contributed by atoms with Gasteiger partial charge in [0.1, 0.15) is 0 Å². The number of hydrogen-bond donors (Lipinski definition) is 2. The van der Waals surface area contributed by atoms with Crippen molar-refractivity contribution >= 4 is 11.5 Å². The Hall–Kier alpha value is -1.44. The summed E-state index contributed by atoms with van der Waals surface area (Å²) in [5.41, 5.74) is 3.94. The maximum Gasteiger partial charge on any atom is 0.159 e. The normalized spacial score (nSPS) is 12.9. The van der Waals surface area contributed by atoms with Gasteiger partial charge in [-0.3, -0.25) is 5.84 Å². The summed E-state index contributed by atoms with van der Waals surface area (Å²) in [5.74, 6) is 3.93. The molecule has 1 unspecified atom stereocenters. The third-order valence-electron chi connectivity index (χ3n) is 2.79. The van der Waals surface area contributed by atoms with Crippen molar-refractivity contribution < 1.29 is 8.78 Å². The van der Waals surface area contributed by atoms with Crippen molar-refractivity contribution in [1.29, 1.82) is 0 Å². The summed E-state index contributed by atoms with van der Waals surface area (Å²) in [7, 11) is 0. The van der Waals surface area contributed by atoms with Gasteiger partial charge in [-0.05, 0) is 35.1 Å². The first-order valence-corrected chi connectivity index (χ1v) is 6.55. The quantitative estimate of drug-likeness (QED) is 0.669. The van der Waals surface area contributed by atoms with E-state index in [-0.39, 0.29) is 5.92 Å². The topological polar surface area (TPSA) is 63.8 Å². The van der Waals surface area contributed by atoms with E-state index >= 15 is 0 Å². The van der Waals surface area contributed by atoms with Crippen molar-refractivity contribution in [2.24, 2.45) is 5.84 Å². The van der Waals surface area contributed by atoms with E-state index in [9.17, 15) is 8.78 Å². The van der Waals surface area contributed by atoms with E-state index < -0.39 is 17.7 Å². The van der Waals surface area contributed by atoms with Gasteiger partial charge in [0.05, 0.1) is 16.6 Å². The fourth-order valence-electron chi connectivity index (χ4n) is 1.82. The average molecular weight is 284 g/mol.